The smallest absolute Gasteiger partial charge is 0.296 e. The van der Waals surface area contributed by atoms with Crippen LogP contribution in [0.1, 0.15) is 11.4 Å². The van der Waals surface area contributed by atoms with Crippen molar-refractivity contribution in [1.82, 2.24) is 9.97 Å². The van der Waals surface area contributed by atoms with E-state index in [9.17, 15) is 0 Å². The van der Waals surface area contributed by atoms with E-state index < -0.39 is 16.1 Å². The molecule has 0 aliphatic carbocycles. The fourth-order valence-corrected chi connectivity index (χ4v) is 18.2. The molecule has 0 bridgehead atoms. The van der Waals surface area contributed by atoms with Crippen LogP contribution in [0.4, 0.5) is 0 Å². The van der Waals surface area contributed by atoms with Crippen molar-refractivity contribution in [1.29, 1.82) is 0 Å². The summed E-state index contributed by atoms with van der Waals surface area (Å²) in [6.07, 6.45) is 1.91. The number of rotatable bonds is 8. The van der Waals surface area contributed by atoms with E-state index in [2.05, 4.69) is 119 Å². The second kappa shape index (κ2) is 15.7. The van der Waals surface area contributed by atoms with E-state index in [1.165, 1.54) is 28.9 Å². The molecule has 3 aromatic rings. The van der Waals surface area contributed by atoms with Gasteiger partial charge in [0.2, 0.25) is 0 Å². The Labute approximate surface area is 248 Å². The maximum absolute atomic E-state index is 4.88. The average molecular weight is 648 g/mol. The first-order chi connectivity index (χ1) is 15.8. The zero-order valence-electron chi connectivity index (χ0n) is 23.7. The molecule has 2 nitrogen and oxygen atoms in total. The van der Waals surface area contributed by atoms with Crippen molar-refractivity contribution in [2.45, 2.75) is 77.6 Å². The summed E-state index contributed by atoms with van der Waals surface area (Å²) in [4.78, 5) is 9.42. The topological polar surface area (TPSA) is 25.8 Å². The SMILES string of the molecule is C[Si](C)(C)[C-](c1ccccn1)[Si](C)(C)C.C[Si](C)C[C-](C[Si](C)C)c1ccc2ccccc2n1.[Cu+].[Cu+]. The molecule has 1 aromatic carbocycles. The quantitative estimate of drug-likeness (QED) is 0.181. The second-order valence-electron chi connectivity index (χ2n) is 11.9. The number of para-hydroxylation sites is 1. The molecule has 2 heterocycles. The first-order valence-corrected chi connectivity index (χ1v) is 24.8. The largest absolute Gasteiger partial charge is 1.00 e. The summed E-state index contributed by atoms with van der Waals surface area (Å²) in [5, 5.41) is 2.93. The summed E-state index contributed by atoms with van der Waals surface area (Å²) < 4.78 is 0. The van der Waals surface area contributed by atoms with Gasteiger partial charge in [0.1, 0.15) is 0 Å². The van der Waals surface area contributed by atoms with Gasteiger partial charge in [-0.1, -0.05) is 95.4 Å². The predicted octanol–water partition coefficient (Wildman–Crippen LogP) is 8.42. The van der Waals surface area contributed by atoms with Gasteiger partial charge >= 0.3 is 34.1 Å². The summed E-state index contributed by atoms with van der Waals surface area (Å²) in [7, 11) is -2.97. The molecule has 8 heteroatoms. The standard InChI is InChI=1S/C16H22NSi2.C12H22NSi2.2Cu/c1-18(2)11-14(12-19(3)4)16-10-9-13-7-5-6-8-15(13)17-16;1-14(2,3)12(15(4,5)6)11-9-7-8-10-13-11;;/h5-10H,11-12H2,1-4H3;7-10H,1-6H3;;/q2*-1;2*+1. The van der Waals surface area contributed by atoms with Gasteiger partial charge in [-0.25, -0.2) is 0 Å². The number of hydrogen-bond donors (Lipinski definition) is 0. The summed E-state index contributed by atoms with van der Waals surface area (Å²) in [5.41, 5.74) is 3.60. The number of fused-ring (bicyclic) bond motifs is 1. The number of pyridine rings is 2. The third-order valence-electron chi connectivity index (χ3n) is 5.52. The van der Waals surface area contributed by atoms with E-state index in [1.807, 2.05) is 12.3 Å². The van der Waals surface area contributed by atoms with Crippen molar-refractivity contribution in [3.05, 3.63) is 83.3 Å². The van der Waals surface area contributed by atoms with Crippen molar-refractivity contribution >= 4 is 44.6 Å². The molecule has 0 spiro atoms. The molecule has 0 N–H and O–H groups in total. The summed E-state index contributed by atoms with van der Waals surface area (Å²) >= 11 is 0. The van der Waals surface area contributed by atoms with Crippen LogP contribution in [0, 0.1) is 11.1 Å². The first kappa shape index (κ1) is 35.4. The van der Waals surface area contributed by atoms with Crippen LogP contribution >= 0.6 is 0 Å². The molecular weight excluding hydrogens is 604 g/mol. The van der Waals surface area contributed by atoms with Gasteiger partial charge < -0.3 is 0 Å². The van der Waals surface area contributed by atoms with Gasteiger partial charge in [-0.2, -0.15) is 23.2 Å². The molecule has 36 heavy (non-hydrogen) atoms. The molecule has 2 radical (unpaired) electrons. The van der Waals surface area contributed by atoms with E-state index in [0.29, 0.717) is 0 Å². The minimum Gasteiger partial charge on any atom is -0.296 e. The number of aromatic nitrogens is 2. The van der Waals surface area contributed by atoms with Crippen molar-refractivity contribution in [3.63, 3.8) is 0 Å². The van der Waals surface area contributed by atoms with Gasteiger partial charge in [0.05, 0.1) is 5.52 Å². The van der Waals surface area contributed by atoms with E-state index in [1.54, 1.807) is 11.1 Å². The van der Waals surface area contributed by atoms with Crippen LogP contribution in [0.15, 0.2) is 60.8 Å². The van der Waals surface area contributed by atoms with Crippen LogP contribution in [-0.2, 0) is 34.1 Å². The van der Waals surface area contributed by atoms with E-state index in [-0.39, 0.29) is 51.7 Å². The molecule has 0 aliphatic rings. The Morgan fingerprint density at radius 2 is 1.19 bits per heavy atom. The molecule has 0 saturated heterocycles. The Morgan fingerprint density at radius 1 is 0.667 bits per heavy atom. The van der Waals surface area contributed by atoms with Crippen LogP contribution in [0.5, 0.6) is 0 Å². The zero-order valence-corrected chi connectivity index (χ0v) is 29.6. The van der Waals surface area contributed by atoms with Crippen LogP contribution in [0.2, 0.25) is 77.6 Å². The van der Waals surface area contributed by atoms with Crippen LogP contribution < -0.4 is 0 Å². The summed E-state index contributed by atoms with van der Waals surface area (Å²) in [6, 6.07) is 21.6. The van der Waals surface area contributed by atoms with Gasteiger partial charge in [-0.15, -0.1) is 29.9 Å². The monoisotopic (exact) mass is 646 g/mol. The Hall–Kier alpha value is -0.574. The van der Waals surface area contributed by atoms with Gasteiger partial charge in [0, 0.05) is 23.8 Å². The molecular formula is C28H44Cu2N2Si4. The Morgan fingerprint density at radius 3 is 1.67 bits per heavy atom. The number of hydrogen-bond acceptors (Lipinski definition) is 2. The van der Waals surface area contributed by atoms with Gasteiger partial charge in [-0.3, -0.25) is 9.97 Å². The predicted molar refractivity (Wildman–Crippen MR) is 162 cm³/mol. The third kappa shape index (κ3) is 11.4. The Kier molecular flexibility index (Phi) is 15.5. The third-order valence-corrected chi connectivity index (χ3v) is 15.8. The number of nitrogens with zero attached hydrogens (tertiary/aromatic N) is 2. The molecule has 3 rings (SSSR count). The maximum Gasteiger partial charge on any atom is 1.00 e. The minimum atomic E-state index is -1.25. The average Bonchev–Trinajstić information content (AvgIpc) is 2.71. The fourth-order valence-electron chi connectivity index (χ4n) is 4.76. The van der Waals surface area contributed by atoms with E-state index in [0.717, 1.165) is 5.52 Å². The van der Waals surface area contributed by atoms with Crippen LogP contribution in [0.25, 0.3) is 10.9 Å². The van der Waals surface area contributed by atoms with Crippen LogP contribution in [0.3, 0.4) is 0 Å². The van der Waals surface area contributed by atoms with Crippen molar-refractivity contribution in [3.8, 4) is 0 Å². The summed E-state index contributed by atoms with van der Waals surface area (Å²) in [6.45, 7) is 24.1. The zero-order chi connectivity index (χ0) is 25.5. The molecule has 0 unspecified atom stereocenters. The van der Waals surface area contributed by atoms with Crippen molar-refractivity contribution < 1.29 is 34.1 Å². The normalized spacial score (nSPS) is 11.3. The molecule has 0 amide bonds. The van der Waals surface area contributed by atoms with Gasteiger partial charge in [0.25, 0.3) is 0 Å². The van der Waals surface area contributed by atoms with E-state index >= 15 is 0 Å². The van der Waals surface area contributed by atoms with Crippen LogP contribution in [-0.4, -0.2) is 43.7 Å². The van der Waals surface area contributed by atoms with Gasteiger partial charge in [0.15, 0.2) is 0 Å². The van der Waals surface area contributed by atoms with E-state index in [4.69, 9.17) is 4.98 Å². The Balaban J connectivity index is 0.000000662. The Bertz CT molecular complexity index is 995. The fraction of sp³-hybridized carbons (Fsp3) is 0.429. The summed E-state index contributed by atoms with van der Waals surface area (Å²) in [5.74, 6) is 1.59. The van der Waals surface area contributed by atoms with Gasteiger partial charge in [-0.05, 0) is 27.6 Å². The molecule has 2 aromatic heterocycles. The van der Waals surface area contributed by atoms with Crippen molar-refractivity contribution in [2.24, 2.45) is 0 Å². The molecule has 0 fully saturated rings. The maximum atomic E-state index is 4.88. The number of benzene rings is 1. The second-order valence-corrected chi connectivity index (χ2v) is 27.9. The first-order valence-electron chi connectivity index (χ1n) is 12.4. The molecule has 0 atom stereocenters. The molecule has 0 aliphatic heterocycles. The molecule has 204 valence electrons. The molecule has 0 saturated carbocycles. The van der Waals surface area contributed by atoms with Crippen molar-refractivity contribution in [2.75, 3.05) is 0 Å². The minimum absolute atomic E-state index is 0.